The van der Waals surface area contributed by atoms with Crippen LogP contribution in [0.1, 0.15) is 59.8 Å². The van der Waals surface area contributed by atoms with Crippen LogP contribution in [0.2, 0.25) is 0 Å². The van der Waals surface area contributed by atoms with Crippen LogP contribution in [0.4, 0.5) is 0 Å². The first-order valence-electron chi connectivity index (χ1n) is 7.42. The Labute approximate surface area is 107 Å². The largest absolute Gasteiger partial charge is 0.327 e. The Morgan fingerprint density at radius 3 is 2.35 bits per heavy atom. The molecule has 2 nitrogen and oxygen atoms in total. The molecule has 0 amide bonds. The van der Waals surface area contributed by atoms with Crippen LogP contribution in [0.15, 0.2) is 0 Å². The molecule has 2 fully saturated rings. The first kappa shape index (κ1) is 13.4. The Kier molecular flexibility index (Phi) is 3.84. The van der Waals surface area contributed by atoms with Crippen molar-refractivity contribution in [3.8, 4) is 0 Å². The maximum Gasteiger partial charge on any atom is 0.0295 e. The first-order valence-corrected chi connectivity index (χ1v) is 7.42. The van der Waals surface area contributed by atoms with Crippen LogP contribution < -0.4 is 5.73 Å². The lowest BCUT2D eigenvalue weighted by molar-refractivity contribution is 0.0503. The van der Waals surface area contributed by atoms with Crippen LogP contribution in [0.5, 0.6) is 0 Å². The Morgan fingerprint density at radius 2 is 1.76 bits per heavy atom. The molecule has 0 aromatic carbocycles. The van der Waals surface area contributed by atoms with Crippen LogP contribution in [-0.2, 0) is 0 Å². The van der Waals surface area contributed by atoms with Gasteiger partial charge >= 0.3 is 0 Å². The average Bonchev–Trinajstić information content (AvgIpc) is 2.60. The van der Waals surface area contributed by atoms with E-state index in [1.165, 1.54) is 38.6 Å². The summed E-state index contributed by atoms with van der Waals surface area (Å²) in [5.74, 6) is 0.965. The number of rotatable bonds is 2. The molecule has 4 atom stereocenters. The molecular formula is C15H30N2. The molecule has 0 spiro atoms. The van der Waals surface area contributed by atoms with Crippen molar-refractivity contribution in [2.75, 3.05) is 6.54 Å². The zero-order valence-corrected chi connectivity index (χ0v) is 12.1. The molecule has 0 bridgehead atoms. The summed E-state index contributed by atoms with van der Waals surface area (Å²) in [5.41, 5.74) is 6.57. The SMILES string of the molecule is CC(N)C(N1CCC2CCCCC21)C(C)(C)C. The predicted molar refractivity (Wildman–Crippen MR) is 74.0 cm³/mol. The van der Waals surface area contributed by atoms with Crippen LogP contribution in [0.3, 0.4) is 0 Å². The highest BCUT2D eigenvalue weighted by Crippen LogP contribution is 2.40. The van der Waals surface area contributed by atoms with Crippen molar-refractivity contribution in [3.05, 3.63) is 0 Å². The lowest BCUT2D eigenvalue weighted by atomic mass is 9.79. The van der Waals surface area contributed by atoms with Gasteiger partial charge in [-0.15, -0.1) is 0 Å². The monoisotopic (exact) mass is 238 g/mol. The van der Waals surface area contributed by atoms with Crippen LogP contribution in [0.25, 0.3) is 0 Å². The molecule has 1 aliphatic heterocycles. The summed E-state index contributed by atoms with van der Waals surface area (Å²) in [5, 5.41) is 0. The quantitative estimate of drug-likeness (QED) is 0.801. The maximum absolute atomic E-state index is 6.28. The molecule has 2 N–H and O–H groups in total. The predicted octanol–water partition coefficient (Wildman–Crippen LogP) is 3.01. The van der Waals surface area contributed by atoms with Gasteiger partial charge in [0.15, 0.2) is 0 Å². The van der Waals surface area contributed by atoms with Gasteiger partial charge in [0.1, 0.15) is 0 Å². The minimum absolute atomic E-state index is 0.274. The molecular weight excluding hydrogens is 208 g/mol. The molecule has 1 saturated carbocycles. The summed E-state index contributed by atoms with van der Waals surface area (Å²) < 4.78 is 0. The number of hydrogen-bond donors (Lipinski definition) is 1. The molecule has 1 aliphatic carbocycles. The van der Waals surface area contributed by atoms with Gasteiger partial charge in [-0.3, -0.25) is 4.90 Å². The standard InChI is InChI=1S/C15H30N2/c1-11(16)14(15(2,3)4)17-10-9-12-7-5-6-8-13(12)17/h11-14H,5-10,16H2,1-4H3. The minimum Gasteiger partial charge on any atom is -0.327 e. The van der Waals surface area contributed by atoms with E-state index in [-0.39, 0.29) is 6.04 Å². The lowest BCUT2D eigenvalue weighted by Gasteiger charge is -2.45. The van der Waals surface area contributed by atoms with Crippen molar-refractivity contribution in [1.29, 1.82) is 0 Å². The lowest BCUT2D eigenvalue weighted by Crippen LogP contribution is -2.56. The van der Waals surface area contributed by atoms with E-state index < -0.39 is 0 Å². The second kappa shape index (κ2) is 4.89. The third-order valence-corrected chi connectivity index (χ3v) is 4.80. The van der Waals surface area contributed by atoms with E-state index in [4.69, 9.17) is 5.73 Å². The zero-order valence-electron chi connectivity index (χ0n) is 12.1. The highest BCUT2D eigenvalue weighted by Gasteiger charge is 2.43. The molecule has 2 heteroatoms. The topological polar surface area (TPSA) is 29.3 Å². The number of nitrogens with zero attached hydrogens (tertiary/aromatic N) is 1. The van der Waals surface area contributed by atoms with E-state index in [1.807, 2.05) is 0 Å². The van der Waals surface area contributed by atoms with E-state index in [2.05, 4.69) is 32.6 Å². The van der Waals surface area contributed by atoms with Gasteiger partial charge in [-0.1, -0.05) is 33.6 Å². The van der Waals surface area contributed by atoms with E-state index in [0.717, 1.165) is 12.0 Å². The number of hydrogen-bond acceptors (Lipinski definition) is 2. The molecule has 0 aromatic heterocycles. The van der Waals surface area contributed by atoms with Crippen molar-refractivity contribution in [1.82, 2.24) is 4.90 Å². The summed E-state index contributed by atoms with van der Waals surface area (Å²) in [4.78, 5) is 2.76. The highest BCUT2D eigenvalue weighted by atomic mass is 15.2. The number of nitrogens with two attached hydrogens (primary N) is 1. The number of fused-ring (bicyclic) bond motifs is 1. The summed E-state index contributed by atoms with van der Waals surface area (Å²) in [6.07, 6.45) is 7.14. The van der Waals surface area contributed by atoms with Crippen LogP contribution in [0, 0.1) is 11.3 Å². The molecule has 17 heavy (non-hydrogen) atoms. The summed E-state index contributed by atoms with van der Waals surface area (Å²) in [6.45, 7) is 10.5. The van der Waals surface area contributed by atoms with Gasteiger partial charge in [0, 0.05) is 18.1 Å². The van der Waals surface area contributed by atoms with Crippen molar-refractivity contribution in [3.63, 3.8) is 0 Å². The van der Waals surface area contributed by atoms with Crippen molar-refractivity contribution >= 4 is 0 Å². The molecule has 100 valence electrons. The fourth-order valence-electron chi connectivity index (χ4n) is 4.38. The summed E-state index contributed by atoms with van der Waals surface area (Å²) in [7, 11) is 0. The zero-order chi connectivity index (χ0) is 12.6. The summed E-state index contributed by atoms with van der Waals surface area (Å²) in [6, 6.07) is 1.64. The van der Waals surface area contributed by atoms with Gasteiger partial charge in [-0.25, -0.2) is 0 Å². The van der Waals surface area contributed by atoms with Crippen LogP contribution in [-0.4, -0.2) is 29.6 Å². The fourth-order valence-corrected chi connectivity index (χ4v) is 4.38. The molecule has 0 radical (unpaired) electrons. The minimum atomic E-state index is 0.274. The van der Waals surface area contributed by atoms with Gasteiger partial charge in [0.2, 0.25) is 0 Å². The van der Waals surface area contributed by atoms with Crippen LogP contribution >= 0.6 is 0 Å². The van der Waals surface area contributed by atoms with Crippen molar-refractivity contribution < 1.29 is 0 Å². The second-order valence-corrected chi connectivity index (χ2v) is 7.31. The normalized spacial score (nSPS) is 34.4. The fraction of sp³-hybridized carbons (Fsp3) is 1.00. The smallest absolute Gasteiger partial charge is 0.0295 e. The van der Waals surface area contributed by atoms with Crippen molar-refractivity contribution in [2.45, 2.75) is 77.9 Å². The second-order valence-electron chi connectivity index (χ2n) is 7.31. The first-order chi connectivity index (χ1) is 7.91. The van der Waals surface area contributed by atoms with Gasteiger partial charge in [0.05, 0.1) is 0 Å². The van der Waals surface area contributed by atoms with Gasteiger partial charge < -0.3 is 5.73 Å². The van der Waals surface area contributed by atoms with Gasteiger partial charge in [-0.05, 0) is 44.1 Å². The molecule has 4 unspecified atom stereocenters. The Hall–Kier alpha value is -0.0800. The van der Waals surface area contributed by atoms with E-state index in [0.29, 0.717) is 11.5 Å². The number of likely N-dealkylation sites (tertiary alicyclic amines) is 1. The van der Waals surface area contributed by atoms with E-state index in [1.54, 1.807) is 0 Å². The molecule has 0 aromatic rings. The van der Waals surface area contributed by atoms with Crippen molar-refractivity contribution in [2.24, 2.45) is 17.1 Å². The third-order valence-electron chi connectivity index (χ3n) is 4.80. The average molecular weight is 238 g/mol. The Morgan fingerprint density at radius 1 is 1.12 bits per heavy atom. The Balaban J connectivity index is 2.14. The summed E-state index contributed by atoms with van der Waals surface area (Å²) >= 11 is 0. The van der Waals surface area contributed by atoms with Gasteiger partial charge in [0.25, 0.3) is 0 Å². The van der Waals surface area contributed by atoms with E-state index in [9.17, 15) is 0 Å². The highest BCUT2D eigenvalue weighted by molar-refractivity contribution is 4.98. The maximum atomic E-state index is 6.28. The molecule has 2 aliphatic rings. The molecule has 1 saturated heterocycles. The van der Waals surface area contributed by atoms with Gasteiger partial charge in [-0.2, -0.15) is 0 Å². The molecule has 2 rings (SSSR count). The third kappa shape index (κ3) is 2.68. The molecule has 1 heterocycles. The van der Waals surface area contributed by atoms with E-state index >= 15 is 0 Å². The Bertz CT molecular complexity index is 254.